The third kappa shape index (κ3) is 4.97. The Morgan fingerprint density at radius 2 is 2.00 bits per heavy atom. The molecule has 0 aliphatic rings. The molecular weight excluding hydrogens is 351 g/mol. The Morgan fingerprint density at radius 3 is 2.67 bits per heavy atom. The Bertz CT molecular complexity index is 728. The van der Waals surface area contributed by atoms with Crippen molar-refractivity contribution in [1.82, 2.24) is 5.32 Å². The molecule has 24 heavy (non-hydrogen) atoms. The van der Waals surface area contributed by atoms with Crippen LogP contribution in [-0.2, 0) is 6.54 Å². The van der Waals surface area contributed by atoms with Crippen molar-refractivity contribution in [2.75, 3.05) is 19.0 Å². The summed E-state index contributed by atoms with van der Waals surface area (Å²) in [5, 5.41) is 6.48. The van der Waals surface area contributed by atoms with Crippen molar-refractivity contribution in [2.24, 2.45) is 0 Å². The Hall–Kier alpha value is -2.05. The highest BCUT2D eigenvalue weighted by atomic mass is 35.5. The van der Waals surface area contributed by atoms with E-state index in [1.807, 2.05) is 25.1 Å². The van der Waals surface area contributed by atoms with Crippen LogP contribution in [0.5, 0.6) is 11.5 Å². The number of rotatable bonds is 6. The second-order valence-electron chi connectivity index (χ2n) is 4.85. The first kappa shape index (κ1) is 18.3. The van der Waals surface area contributed by atoms with Crippen LogP contribution in [0, 0.1) is 5.82 Å². The maximum atomic E-state index is 13.1. The molecule has 0 aliphatic heterocycles. The summed E-state index contributed by atoms with van der Waals surface area (Å²) >= 11 is 11.0. The van der Waals surface area contributed by atoms with Gasteiger partial charge in [0.2, 0.25) is 0 Å². The molecule has 0 spiro atoms. The molecule has 2 rings (SSSR count). The monoisotopic (exact) mass is 368 g/mol. The SMILES string of the molecule is CCOc1cc(CNC(=S)Nc2ccc(F)c(Cl)c2)ccc1OC. The van der Waals surface area contributed by atoms with Crippen LogP contribution in [0.15, 0.2) is 36.4 Å². The summed E-state index contributed by atoms with van der Waals surface area (Å²) in [6.07, 6.45) is 0. The molecule has 0 bridgehead atoms. The van der Waals surface area contributed by atoms with Crippen LogP contribution >= 0.6 is 23.8 Å². The van der Waals surface area contributed by atoms with Gasteiger partial charge in [-0.15, -0.1) is 0 Å². The highest BCUT2D eigenvalue weighted by molar-refractivity contribution is 7.80. The first-order valence-corrected chi connectivity index (χ1v) is 8.11. The minimum absolute atomic E-state index is 0.0410. The van der Waals surface area contributed by atoms with Crippen LogP contribution in [0.25, 0.3) is 0 Å². The van der Waals surface area contributed by atoms with E-state index in [4.69, 9.17) is 33.3 Å². The Morgan fingerprint density at radius 1 is 1.21 bits per heavy atom. The maximum absolute atomic E-state index is 13.1. The Kier molecular flexibility index (Phi) is 6.63. The van der Waals surface area contributed by atoms with E-state index in [-0.39, 0.29) is 5.02 Å². The zero-order chi connectivity index (χ0) is 17.5. The van der Waals surface area contributed by atoms with Crippen LogP contribution in [0.2, 0.25) is 5.02 Å². The van der Waals surface area contributed by atoms with Gasteiger partial charge in [-0.2, -0.15) is 0 Å². The fraction of sp³-hybridized carbons (Fsp3) is 0.235. The molecule has 0 fully saturated rings. The summed E-state index contributed by atoms with van der Waals surface area (Å²) in [7, 11) is 1.60. The predicted octanol–water partition coefficient (Wildman–Crippen LogP) is 4.37. The Labute approximate surface area is 150 Å². The van der Waals surface area contributed by atoms with Gasteiger partial charge in [-0.25, -0.2) is 4.39 Å². The normalized spacial score (nSPS) is 10.2. The summed E-state index contributed by atoms with van der Waals surface area (Å²) in [6, 6.07) is 9.99. The lowest BCUT2D eigenvalue weighted by Crippen LogP contribution is -2.27. The van der Waals surface area contributed by atoms with Crippen LogP contribution < -0.4 is 20.1 Å². The second-order valence-corrected chi connectivity index (χ2v) is 5.67. The first-order valence-electron chi connectivity index (χ1n) is 7.33. The highest BCUT2D eigenvalue weighted by Crippen LogP contribution is 2.28. The van der Waals surface area contributed by atoms with E-state index >= 15 is 0 Å². The zero-order valence-corrected chi connectivity index (χ0v) is 14.9. The summed E-state index contributed by atoms with van der Waals surface area (Å²) in [6.45, 7) is 2.97. The molecule has 128 valence electrons. The third-order valence-electron chi connectivity index (χ3n) is 3.16. The third-order valence-corrected chi connectivity index (χ3v) is 3.69. The fourth-order valence-electron chi connectivity index (χ4n) is 2.03. The molecule has 2 aromatic rings. The van der Waals surface area contributed by atoms with Crippen molar-refractivity contribution in [1.29, 1.82) is 0 Å². The number of hydrogen-bond acceptors (Lipinski definition) is 3. The molecule has 0 saturated carbocycles. The van der Waals surface area contributed by atoms with E-state index in [1.165, 1.54) is 12.1 Å². The lowest BCUT2D eigenvalue weighted by atomic mass is 10.2. The smallest absolute Gasteiger partial charge is 0.171 e. The number of nitrogens with one attached hydrogen (secondary N) is 2. The summed E-state index contributed by atoms with van der Waals surface area (Å²) in [5.41, 5.74) is 1.60. The van der Waals surface area contributed by atoms with Crippen molar-refractivity contribution < 1.29 is 13.9 Å². The van der Waals surface area contributed by atoms with Gasteiger partial charge in [-0.05, 0) is 55.0 Å². The number of ether oxygens (including phenoxy) is 2. The number of halogens is 2. The van der Waals surface area contributed by atoms with Gasteiger partial charge in [0.25, 0.3) is 0 Å². The van der Waals surface area contributed by atoms with Gasteiger partial charge in [-0.3, -0.25) is 0 Å². The van der Waals surface area contributed by atoms with Gasteiger partial charge in [0, 0.05) is 12.2 Å². The van der Waals surface area contributed by atoms with Crippen LogP contribution in [0.4, 0.5) is 10.1 Å². The van der Waals surface area contributed by atoms with Crippen LogP contribution in [0.1, 0.15) is 12.5 Å². The average molecular weight is 369 g/mol. The van der Waals surface area contributed by atoms with Crippen molar-refractivity contribution >= 4 is 34.6 Å². The van der Waals surface area contributed by atoms with Crippen molar-refractivity contribution in [3.05, 3.63) is 52.8 Å². The van der Waals surface area contributed by atoms with Gasteiger partial charge >= 0.3 is 0 Å². The van der Waals surface area contributed by atoms with E-state index in [2.05, 4.69) is 10.6 Å². The Balaban J connectivity index is 1.95. The quantitative estimate of drug-likeness (QED) is 0.741. The van der Waals surface area contributed by atoms with E-state index in [0.29, 0.717) is 35.5 Å². The summed E-state index contributed by atoms with van der Waals surface area (Å²) in [4.78, 5) is 0. The fourth-order valence-corrected chi connectivity index (χ4v) is 2.40. The van der Waals surface area contributed by atoms with Crippen molar-refractivity contribution in [3.63, 3.8) is 0 Å². The number of benzene rings is 2. The first-order chi connectivity index (χ1) is 11.5. The zero-order valence-electron chi connectivity index (χ0n) is 13.4. The molecule has 0 heterocycles. The molecule has 0 aliphatic carbocycles. The van der Waals surface area contributed by atoms with E-state index in [0.717, 1.165) is 5.56 Å². The molecule has 7 heteroatoms. The van der Waals surface area contributed by atoms with Crippen molar-refractivity contribution in [3.8, 4) is 11.5 Å². The van der Waals surface area contributed by atoms with Gasteiger partial charge in [0.15, 0.2) is 16.6 Å². The molecule has 0 amide bonds. The van der Waals surface area contributed by atoms with Crippen molar-refractivity contribution in [2.45, 2.75) is 13.5 Å². The number of hydrogen-bond donors (Lipinski definition) is 2. The van der Waals surface area contributed by atoms with Gasteiger partial charge in [0.1, 0.15) is 5.82 Å². The molecule has 0 radical (unpaired) electrons. The molecule has 2 aromatic carbocycles. The lowest BCUT2D eigenvalue weighted by molar-refractivity contribution is 0.310. The standard InChI is InChI=1S/C17H18ClFN2O2S/c1-3-23-16-8-11(4-7-15(16)22-2)10-20-17(24)21-12-5-6-14(19)13(18)9-12/h4-9H,3,10H2,1-2H3,(H2,20,21,24). The minimum Gasteiger partial charge on any atom is -0.493 e. The van der Waals surface area contributed by atoms with Gasteiger partial charge in [-0.1, -0.05) is 17.7 Å². The second kappa shape index (κ2) is 8.70. The average Bonchev–Trinajstić information content (AvgIpc) is 2.57. The number of anilines is 1. The van der Waals surface area contributed by atoms with E-state index in [9.17, 15) is 4.39 Å². The molecule has 0 aromatic heterocycles. The minimum atomic E-state index is -0.470. The number of methoxy groups -OCH3 is 1. The van der Waals surface area contributed by atoms with Gasteiger partial charge in [0.05, 0.1) is 18.7 Å². The predicted molar refractivity (Wildman–Crippen MR) is 98.6 cm³/mol. The van der Waals surface area contributed by atoms with E-state index < -0.39 is 5.82 Å². The number of thiocarbonyl (C=S) groups is 1. The van der Waals surface area contributed by atoms with E-state index in [1.54, 1.807) is 13.2 Å². The molecular formula is C17H18ClFN2O2S. The largest absolute Gasteiger partial charge is 0.493 e. The summed E-state index contributed by atoms with van der Waals surface area (Å²) in [5.74, 6) is 0.897. The maximum Gasteiger partial charge on any atom is 0.171 e. The lowest BCUT2D eigenvalue weighted by Gasteiger charge is -2.13. The topological polar surface area (TPSA) is 42.5 Å². The van der Waals surface area contributed by atoms with Crippen LogP contribution in [-0.4, -0.2) is 18.8 Å². The van der Waals surface area contributed by atoms with Crippen LogP contribution in [0.3, 0.4) is 0 Å². The molecule has 2 N–H and O–H groups in total. The molecule has 0 unspecified atom stereocenters. The molecule has 4 nitrogen and oxygen atoms in total. The highest BCUT2D eigenvalue weighted by Gasteiger charge is 2.06. The summed E-state index contributed by atoms with van der Waals surface area (Å²) < 4.78 is 23.9. The molecule has 0 atom stereocenters. The van der Waals surface area contributed by atoms with Gasteiger partial charge < -0.3 is 20.1 Å². The molecule has 0 saturated heterocycles.